The first-order valence-corrected chi connectivity index (χ1v) is 5.95. The van der Waals surface area contributed by atoms with E-state index in [1.165, 1.54) is 17.3 Å². The first kappa shape index (κ1) is 13.1. The van der Waals surface area contributed by atoms with Crippen LogP contribution in [-0.4, -0.2) is 27.8 Å². The molecule has 1 atom stereocenters. The molecule has 1 heterocycles. The van der Waals surface area contributed by atoms with Crippen molar-refractivity contribution < 1.29 is 9.53 Å². The molecule has 1 N–H and O–H groups in total. The second-order valence-electron chi connectivity index (χ2n) is 4.12. The highest BCUT2D eigenvalue weighted by Gasteiger charge is 2.14. The van der Waals surface area contributed by atoms with Gasteiger partial charge in [0.1, 0.15) is 24.4 Å². The summed E-state index contributed by atoms with van der Waals surface area (Å²) >= 11 is 0. The zero-order valence-corrected chi connectivity index (χ0v) is 10.9. The molecule has 1 aromatic heterocycles. The van der Waals surface area contributed by atoms with Gasteiger partial charge in [0.2, 0.25) is 5.91 Å². The van der Waals surface area contributed by atoms with Crippen LogP contribution >= 0.6 is 0 Å². The predicted molar refractivity (Wildman–Crippen MR) is 69.6 cm³/mol. The molecule has 0 saturated heterocycles. The third-order valence-electron chi connectivity index (χ3n) is 2.84. The molecular weight excluding hydrogens is 244 g/mol. The summed E-state index contributed by atoms with van der Waals surface area (Å²) in [7, 11) is 1.62. The van der Waals surface area contributed by atoms with E-state index in [1.807, 2.05) is 24.3 Å². The highest BCUT2D eigenvalue weighted by Crippen LogP contribution is 2.11. The molecule has 1 aromatic carbocycles. The van der Waals surface area contributed by atoms with Crippen molar-refractivity contribution in [3.8, 4) is 5.75 Å². The summed E-state index contributed by atoms with van der Waals surface area (Å²) < 4.78 is 6.59. The highest BCUT2D eigenvalue weighted by molar-refractivity contribution is 5.79. The predicted octanol–water partition coefficient (Wildman–Crippen LogP) is 1.16. The number of nitrogens with one attached hydrogen (secondary N) is 1. The lowest BCUT2D eigenvalue weighted by Crippen LogP contribution is -2.30. The number of methoxy groups -OCH3 is 1. The van der Waals surface area contributed by atoms with E-state index in [4.69, 9.17) is 4.74 Å². The van der Waals surface area contributed by atoms with Crippen LogP contribution in [0.3, 0.4) is 0 Å². The Bertz CT molecular complexity index is 522. The summed E-state index contributed by atoms with van der Waals surface area (Å²) in [4.78, 5) is 15.7. The first-order chi connectivity index (χ1) is 9.20. The quantitative estimate of drug-likeness (QED) is 0.876. The van der Waals surface area contributed by atoms with E-state index < -0.39 is 0 Å². The van der Waals surface area contributed by atoms with Crippen molar-refractivity contribution in [3.05, 3.63) is 42.5 Å². The van der Waals surface area contributed by atoms with Gasteiger partial charge >= 0.3 is 0 Å². The molecule has 6 heteroatoms. The van der Waals surface area contributed by atoms with E-state index in [0.29, 0.717) is 6.54 Å². The maximum Gasteiger partial charge on any atom is 0.244 e. The van der Waals surface area contributed by atoms with Crippen LogP contribution < -0.4 is 10.1 Å². The van der Waals surface area contributed by atoms with Crippen molar-refractivity contribution in [2.75, 3.05) is 7.11 Å². The number of rotatable bonds is 5. The van der Waals surface area contributed by atoms with Crippen molar-refractivity contribution >= 4 is 5.91 Å². The van der Waals surface area contributed by atoms with Gasteiger partial charge in [0.15, 0.2) is 0 Å². The van der Waals surface area contributed by atoms with Gasteiger partial charge in [-0.1, -0.05) is 12.1 Å². The Labute approximate surface area is 111 Å². The summed E-state index contributed by atoms with van der Waals surface area (Å²) in [5, 5.41) is 6.80. The minimum atomic E-state index is -0.374. The van der Waals surface area contributed by atoms with Crippen LogP contribution in [0.1, 0.15) is 18.5 Å². The smallest absolute Gasteiger partial charge is 0.244 e. The van der Waals surface area contributed by atoms with E-state index in [0.717, 1.165) is 11.3 Å². The molecule has 100 valence electrons. The topological polar surface area (TPSA) is 69.0 Å². The standard InChI is InChI=1S/C13H16N4O2/c1-10(17-9-14-8-16-17)13(18)15-7-11-3-5-12(19-2)6-4-11/h3-6,8-10H,7H2,1-2H3,(H,15,18)/t10-/m0/s1. The highest BCUT2D eigenvalue weighted by atomic mass is 16.5. The van der Waals surface area contributed by atoms with Crippen LogP contribution in [-0.2, 0) is 11.3 Å². The fourth-order valence-corrected chi connectivity index (χ4v) is 1.62. The number of aromatic nitrogens is 3. The molecular formula is C13H16N4O2. The molecule has 0 aliphatic carbocycles. The number of carbonyl (C=O) groups excluding carboxylic acids is 1. The molecule has 2 rings (SSSR count). The Hall–Kier alpha value is -2.37. The molecule has 0 fully saturated rings. The first-order valence-electron chi connectivity index (χ1n) is 5.95. The molecule has 0 spiro atoms. The minimum Gasteiger partial charge on any atom is -0.497 e. The van der Waals surface area contributed by atoms with Gasteiger partial charge in [-0.25, -0.2) is 9.67 Å². The Morgan fingerprint density at radius 2 is 2.16 bits per heavy atom. The number of hydrogen-bond donors (Lipinski definition) is 1. The average Bonchev–Trinajstić information content (AvgIpc) is 2.98. The zero-order chi connectivity index (χ0) is 13.7. The number of carbonyl (C=O) groups is 1. The summed E-state index contributed by atoms with van der Waals surface area (Å²) in [6, 6.07) is 7.18. The van der Waals surface area contributed by atoms with Crippen LogP contribution in [0.2, 0.25) is 0 Å². The van der Waals surface area contributed by atoms with E-state index in [2.05, 4.69) is 15.4 Å². The van der Waals surface area contributed by atoms with Crippen LogP contribution in [0, 0.1) is 0 Å². The average molecular weight is 260 g/mol. The van der Waals surface area contributed by atoms with Gasteiger partial charge in [-0.3, -0.25) is 4.79 Å². The van der Waals surface area contributed by atoms with Crippen molar-refractivity contribution in [1.82, 2.24) is 20.1 Å². The summed E-state index contributed by atoms with van der Waals surface area (Å²) in [5.41, 5.74) is 1.01. The number of benzene rings is 1. The number of ether oxygens (including phenoxy) is 1. The maximum atomic E-state index is 11.9. The fraction of sp³-hybridized carbons (Fsp3) is 0.308. The summed E-state index contributed by atoms with van der Waals surface area (Å²) in [6.45, 7) is 2.25. The lowest BCUT2D eigenvalue weighted by molar-refractivity contribution is -0.124. The Kier molecular flexibility index (Phi) is 4.12. The van der Waals surface area contributed by atoms with Crippen LogP contribution in [0.4, 0.5) is 0 Å². The molecule has 0 aliphatic heterocycles. The van der Waals surface area contributed by atoms with Gasteiger partial charge in [-0.15, -0.1) is 0 Å². The molecule has 0 radical (unpaired) electrons. The molecule has 0 unspecified atom stereocenters. The summed E-state index contributed by atoms with van der Waals surface area (Å²) in [6.07, 6.45) is 2.94. The van der Waals surface area contributed by atoms with Gasteiger partial charge in [0.25, 0.3) is 0 Å². The Morgan fingerprint density at radius 1 is 1.42 bits per heavy atom. The largest absolute Gasteiger partial charge is 0.497 e. The molecule has 1 amide bonds. The molecule has 0 saturated carbocycles. The monoisotopic (exact) mass is 260 g/mol. The lowest BCUT2D eigenvalue weighted by Gasteiger charge is -2.12. The van der Waals surface area contributed by atoms with E-state index >= 15 is 0 Å². The normalized spacial score (nSPS) is 11.9. The van der Waals surface area contributed by atoms with Crippen molar-refractivity contribution in [2.45, 2.75) is 19.5 Å². The third-order valence-corrected chi connectivity index (χ3v) is 2.84. The van der Waals surface area contributed by atoms with Gasteiger partial charge in [0.05, 0.1) is 7.11 Å². The molecule has 0 bridgehead atoms. The van der Waals surface area contributed by atoms with E-state index in [9.17, 15) is 4.79 Å². The van der Waals surface area contributed by atoms with Gasteiger partial charge in [0, 0.05) is 6.54 Å². The zero-order valence-electron chi connectivity index (χ0n) is 10.9. The summed E-state index contributed by atoms with van der Waals surface area (Å²) in [5.74, 6) is 0.701. The van der Waals surface area contributed by atoms with Crippen molar-refractivity contribution in [3.63, 3.8) is 0 Å². The maximum absolute atomic E-state index is 11.9. The van der Waals surface area contributed by atoms with Gasteiger partial charge < -0.3 is 10.1 Å². The number of amides is 1. The van der Waals surface area contributed by atoms with Crippen LogP contribution in [0.25, 0.3) is 0 Å². The van der Waals surface area contributed by atoms with Gasteiger partial charge in [-0.2, -0.15) is 5.10 Å². The molecule has 2 aromatic rings. The SMILES string of the molecule is COc1ccc(CNC(=O)[C@H](C)n2cncn2)cc1. The van der Waals surface area contributed by atoms with Crippen LogP contribution in [0.5, 0.6) is 5.75 Å². The van der Waals surface area contributed by atoms with E-state index in [-0.39, 0.29) is 11.9 Å². The molecule has 0 aliphatic rings. The third kappa shape index (κ3) is 3.31. The fourth-order valence-electron chi connectivity index (χ4n) is 1.62. The van der Waals surface area contributed by atoms with E-state index in [1.54, 1.807) is 14.0 Å². The lowest BCUT2D eigenvalue weighted by atomic mass is 10.2. The Morgan fingerprint density at radius 3 is 2.74 bits per heavy atom. The minimum absolute atomic E-state index is 0.0960. The second kappa shape index (κ2) is 5.99. The number of nitrogens with zero attached hydrogens (tertiary/aromatic N) is 3. The Balaban J connectivity index is 1.89. The van der Waals surface area contributed by atoms with Gasteiger partial charge in [-0.05, 0) is 24.6 Å². The second-order valence-corrected chi connectivity index (χ2v) is 4.12. The van der Waals surface area contributed by atoms with Crippen LogP contribution in [0.15, 0.2) is 36.9 Å². The number of hydrogen-bond acceptors (Lipinski definition) is 4. The van der Waals surface area contributed by atoms with Crippen molar-refractivity contribution in [1.29, 1.82) is 0 Å². The molecule has 6 nitrogen and oxygen atoms in total. The van der Waals surface area contributed by atoms with Crippen molar-refractivity contribution in [2.24, 2.45) is 0 Å². The molecule has 19 heavy (non-hydrogen) atoms.